The van der Waals surface area contributed by atoms with Crippen LogP contribution < -0.4 is 14.5 Å². The Labute approximate surface area is 171 Å². The number of rotatable bonds is 4. The molecule has 2 aromatic carbocycles. The second kappa shape index (κ2) is 7.67. The van der Waals surface area contributed by atoms with Crippen molar-refractivity contribution < 1.29 is 23.9 Å². The van der Waals surface area contributed by atoms with Crippen molar-refractivity contribution in [3.8, 4) is 5.75 Å². The van der Waals surface area contributed by atoms with Gasteiger partial charge >= 0.3 is 5.97 Å². The van der Waals surface area contributed by atoms with Crippen LogP contribution in [0.4, 0.5) is 11.4 Å². The number of carbonyl (C=O) groups excluding carboxylic acids is 4. The van der Waals surface area contributed by atoms with Crippen LogP contribution in [-0.4, -0.2) is 30.2 Å². The first-order chi connectivity index (χ1) is 13.9. The molecule has 0 unspecified atom stereocenters. The molecular formula is C21H17ClN2O5. The third-order valence-electron chi connectivity index (χ3n) is 4.94. The molecule has 4 rings (SSSR count). The number of anilines is 2. The van der Waals surface area contributed by atoms with Gasteiger partial charge in [0.1, 0.15) is 5.75 Å². The zero-order valence-corrected chi connectivity index (χ0v) is 16.1. The smallest absolute Gasteiger partial charge is 0.316 e. The number of halogens is 1. The van der Waals surface area contributed by atoms with Gasteiger partial charge in [0.2, 0.25) is 17.7 Å². The summed E-state index contributed by atoms with van der Waals surface area (Å²) in [5, 5.41) is 0.511. The van der Waals surface area contributed by atoms with Gasteiger partial charge in [-0.15, -0.1) is 0 Å². The Kier molecular flexibility index (Phi) is 5.07. The van der Waals surface area contributed by atoms with Crippen molar-refractivity contribution in [1.29, 1.82) is 0 Å². The van der Waals surface area contributed by atoms with Crippen molar-refractivity contribution in [2.75, 3.05) is 16.3 Å². The van der Waals surface area contributed by atoms with Crippen LogP contribution in [0.5, 0.6) is 5.75 Å². The van der Waals surface area contributed by atoms with E-state index in [2.05, 4.69) is 0 Å². The number of hydrogen-bond acceptors (Lipinski definition) is 5. The molecule has 2 aliphatic rings. The van der Waals surface area contributed by atoms with Crippen molar-refractivity contribution >= 4 is 46.7 Å². The van der Waals surface area contributed by atoms with E-state index in [0.717, 1.165) is 4.90 Å². The standard InChI is InChI=1S/C21H17ClN2O5/c22-14-2-1-3-16(11-14)23-12-13(10-20(23)27)21(28)29-17-6-4-15(5-7-17)24-18(25)8-9-19(24)26/h1-7,11,13H,8-10,12H2/t13-/m0/s1. The summed E-state index contributed by atoms with van der Waals surface area (Å²) in [6.45, 7) is 0.215. The molecular weight excluding hydrogens is 396 g/mol. The molecule has 3 amide bonds. The Hall–Kier alpha value is -3.19. The quantitative estimate of drug-likeness (QED) is 0.438. The van der Waals surface area contributed by atoms with E-state index < -0.39 is 11.9 Å². The highest BCUT2D eigenvalue weighted by Crippen LogP contribution is 2.29. The molecule has 0 aromatic heterocycles. The lowest BCUT2D eigenvalue weighted by Gasteiger charge is -2.17. The Balaban J connectivity index is 1.41. The van der Waals surface area contributed by atoms with Gasteiger partial charge in [-0.1, -0.05) is 17.7 Å². The Morgan fingerprint density at radius 3 is 2.28 bits per heavy atom. The lowest BCUT2D eigenvalue weighted by molar-refractivity contribution is -0.139. The molecule has 8 heteroatoms. The highest BCUT2D eigenvalue weighted by atomic mass is 35.5. The Morgan fingerprint density at radius 1 is 0.931 bits per heavy atom. The van der Waals surface area contributed by atoms with E-state index >= 15 is 0 Å². The molecule has 29 heavy (non-hydrogen) atoms. The van der Waals surface area contributed by atoms with Gasteiger partial charge < -0.3 is 9.64 Å². The summed E-state index contributed by atoms with van der Waals surface area (Å²) in [7, 11) is 0. The van der Waals surface area contributed by atoms with Gasteiger partial charge in [-0.2, -0.15) is 0 Å². The van der Waals surface area contributed by atoms with E-state index in [9.17, 15) is 19.2 Å². The fourth-order valence-electron chi connectivity index (χ4n) is 3.49. The first kappa shape index (κ1) is 19.1. The molecule has 0 spiro atoms. The molecule has 2 heterocycles. The first-order valence-electron chi connectivity index (χ1n) is 9.16. The van der Waals surface area contributed by atoms with Crippen LogP contribution in [0.25, 0.3) is 0 Å². The third-order valence-corrected chi connectivity index (χ3v) is 5.18. The molecule has 1 atom stereocenters. The fraction of sp³-hybridized carbons (Fsp3) is 0.238. The third kappa shape index (κ3) is 3.86. The van der Waals surface area contributed by atoms with Gasteiger partial charge in [-0.05, 0) is 42.5 Å². The average molecular weight is 413 g/mol. The highest BCUT2D eigenvalue weighted by Gasteiger charge is 2.36. The normalized spacial score (nSPS) is 19.2. The molecule has 0 bridgehead atoms. The van der Waals surface area contributed by atoms with Gasteiger partial charge in [0, 0.05) is 36.5 Å². The number of hydrogen-bond donors (Lipinski definition) is 0. The van der Waals surface area contributed by atoms with Crippen LogP contribution in [-0.2, 0) is 19.2 Å². The topological polar surface area (TPSA) is 84.0 Å². The lowest BCUT2D eigenvalue weighted by atomic mass is 10.1. The minimum absolute atomic E-state index is 0.0558. The summed E-state index contributed by atoms with van der Waals surface area (Å²) in [6.07, 6.45) is 0.461. The average Bonchev–Trinajstić information content (AvgIpc) is 3.25. The molecule has 7 nitrogen and oxygen atoms in total. The number of ether oxygens (including phenoxy) is 1. The van der Waals surface area contributed by atoms with E-state index in [1.165, 1.54) is 17.0 Å². The summed E-state index contributed by atoms with van der Waals surface area (Å²) >= 11 is 5.98. The van der Waals surface area contributed by atoms with E-state index in [1.807, 2.05) is 0 Å². The van der Waals surface area contributed by atoms with Gasteiger partial charge in [0.15, 0.2) is 0 Å². The number of imide groups is 1. The van der Waals surface area contributed by atoms with Crippen molar-refractivity contribution in [3.05, 3.63) is 53.6 Å². The lowest BCUT2D eigenvalue weighted by Crippen LogP contribution is -2.28. The van der Waals surface area contributed by atoms with E-state index in [4.69, 9.17) is 16.3 Å². The van der Waals surface area contributed by atoms with Crippen molar-refractivity contribution in [2.24, 2.45) is 5.92 Å². The zero-order valence-electron chi connectivity index (χ0n) is 15.3. The summed E-state index contributed by atoms with van der Waals surface area (Å²) in [5.74, 6) is -1.48. The van der Waals surface area contributed by atoms with Crippen molar-refractivity contribution in [1.82, 2.24) is 0 Å². The van der Waals surface area contributed by atoms with Crippen molar-refractivity contribution in [2.45, 2.75) is 19.3 Å². The van der Waals surface area contributed by atoms with Crippen LogP contribution in [0, 0.1) is 5.92 Å². The van der Waals surface area contributed by atoms with Gasteiger partial charge in [0.05, 0.1) is 11.6 Å². The molecule has 2 aromatic rings. The first-order valence-corrected chi connectivity index (χ1v) is 9.53. The van der Waals surface area contributed by atoms with E-state index in [0.29, 0.717) is 16.4 Å². The maximum Gasteiger partial charge on any atom is 0.316 e. The molecule has 0 saturated carbocycles. The molecule has 2 fully saturated rings. The largest absolute Gasteiger partial charge is 0.426 e. The molecule has 2 saturated heterocycles. The molecule has 0 aliphatic carbocycles. The Morgan fingerprint density at radius 2 is 1.62 bits per heavy atom. The predicted molar refractivity (Wildman–Crippen MR) is 106 cm³/mol. The number of esters is 1. The van der Waals surface area contributed by atoms with Crippen LogP contribution >= 0.6 is 11.6 Å². The highest BCUT2D eigenvalue weighted by molar-refractivity contribution is 6.31. The Bertz CT molecular complexity index is 988. The number of amides is 3. The van der Waals surface area contributed by atoms with Gasteiger partial charge in [-0.25, -0.2) is 0 Å². The number of benzene rings is 2. The zero-order chi connectivity index (χ0) is 20.5. The summed E-state index contributed by atoms with van der Waals surface area (Å²) in [4.78, 5) is 51.1. The monoisotopic (exact) mass is 412 g/mol. The molecule has 148 valence electrons. The molecule has 0 N–H and O–H groups in total. The summed E-state index contributed by atoms with van der Waals surface area (Å²) in [6, 6.07) is 13.1. The maximum atomic E-state index is 12.5. The second-order valence-electron chi connectivity index (χ2n) is 6.92. The SMILES string of the molecule is O=C(Oc1ccc(N2C(=O)CCC2=O)cc1)[C@H]1CC(=O)N(c2cccc(Cl)c2)C1. The molecule has 0 radical (unpaired) electrons. The number of carbonyl (C=O) groups is 4. The van der Waals surface area contributed by atoms with Crippen molar-refractivity contribution in [3.63, 3.8) is 0 Å². The van der Waals surface area contributed by atoms with E-state index in [-0.39, 0.29) is 49.3 Å². The van der Waals surface area contributed by atoms with E-state index in [1.54, 1.807) is 36.4 Å². The fourth-order valence-corrected chi connectivity index (χ4v) is 3.67. The summed E-state index contributed by atoms with van der Waals surface area (Å²) < 4.78 is 5.39. The van der Waals surface area contributed by atoms with Crippen LogP contribution in [0.1, 0.15) is 19.3 Å². The second-order valence-corrected chi connectivity index (χ2v) is 7.36. The minimum Gasteiger partial charge on any atom is -0.426 e. The van der Waals surface area contributed by atoms with Crippen LogP contribution in [0.3, 0.4) is 0 Å². The predicted octanol–water partition coefficient (Wildman–Crippen LogP) is 2.95. The minimum atomic E-state index is -0.595. The maximum absolute atomic E-state index is 12.5. The van der Waals surface area contributed by atoms with Gasteiger partial charge in [-0.3, -0.25) is 24.1 Å². The molecule has 2 aliphatic heterocycles. The number of nitrogens with zero attached hydrogens (tertiary/aromatic N) is 2. The van der Waals surface area contributed by atoms with Crippen LogP contribution in [0.15, 0.2) is 48.5 Å². The van der Waals surface area contributed by atoms with Crippen LogP contribution in [0.2, 0.25) is 5.02 Å². The van der Waals surface area contributed by atoms with Gasteiger partial charge in [0.25, 0.3) is 0 Å². The summed E-state index contributed by atoms with van der Waals surface area (Å²) in [5.41, 5.74) is 1.09.